The molecule has 0 N–H and O–H groups in total. The van der Waals surface area contributed by atoms with Crippen molar-refractivity contribution < 1.29 is 52.7 Å². The summed E-state index contributed by atoms with van der Waals surface area (Å²) in [6.45, 7) is 0. The van der Waals surface area contributed by atoms with E-state index in [1.807, 2.05) is 0 Å². The van der Waals surface area contributed by atoms with E-state index >= 15 is 0 Å². The lowest BCUT2D eigenvalue weighted by molar-refractivity contribution is -0.196. The third-order valence-corrected chi connectivity index (χ3v) is 6.06. The molecule has 1 saturated carbocycles. The SMILES string of the molecule is FC(F)(F)C1=C(C(F)(F)F)SC(=C(C(F)(F)F)C2(C(F)(F)F)CC2)S1. The molecule has 0 aromatic rings. The highest BCUT2D eigenvalue weighted by Crippen LogP contribution is 2.70. The summed E-state index contributed by atoms with van der Waals surface area (Å²) < 4.78 is 153. The molecule has 14 heteroatoms. The lowest BCUT2D eigenvalue weighted by atomic mass is 9.96. The fraction of sp³-hybridized carbons (Fsp3) is 0.636. The maximum absolute atomic E-state index is 13.1. The van der Waals surface area contributed by atoms with Crippen molar-refractivity contribution in [3.63, 3.8) is 0 Å². The van der Waals surface area contributed by atoms with Gasteiger partial charge in [-0.25, -0.2) is 0 Å². The maximum atomic E-state index is 13.1. The van der Waals surface area contributed by atoms with Gasteiger partial charge in [-0.2, -0.15) is 52.7 Å². The number of allylic oxidation sites excluding steroid dienone is 3. The van der Waals surface area contributed by atoms with Gasteiger partial charge in [0.1, 0.15) is 9.81 Å². The predicted octanol–water partition coefficient (Wildman–Crippen LogP) is 6.92. The van der Waals surface area contributed by atoms with E-state index in [1.54, 1.807) is 0 Å². The molecule has 1 heterocycles. The zero-order valence-electron chi connectivity index (χ0n) is 11.3. The van der Waals surface area contributed by atoms with Crippen molar-refractivity contribution in [3.05, 3.63) is 19.6 Å². The summed E-state index contributed by atoms with van der Waals surface area (Å²) in [4.78, 5) is -4.81. The van der Waals surface area contributed by atoms with Gasteiger partial charge in [0, 0.05) is 0 Å². The van der Waals surface area contributed by atoms with Gasteiger partial charge < -0.3 is 0 Å². The van der Waals surface area contributed by atoms with E-state index in [9.17, 15) is 52.7 Å². The molecule has 2 aliphatic rings. The van der Waals surface area contributed by atoms with E-state index in [2.05, 4.69) is 0 Å². The molecular formula is C11H4F12S2. The van der Waals surface area contributed by atoms with Crippen LogP contribution in [0, 0.1) is 5.41 Å². The first-order chi connectivity index (χ1) is 10.9. The van der Waals surface area contributed by atoms with Crippen molar-refractivity contribution in [3.8, 4) is 0 Å². The van der Waals surface area contributed by atoms with Crippen LogP contribution in [0.4, 0.5) is 52.7 Å². The molecule has 0 amide bonds. The quantitative estimate of drug-likeness (QED) is 0.416. The van der Waals surface area contributed by atoms with Crippen LogP contribution < -0.4 is 0 Å². The van der Waals surface area contributed by atoms with Gasteiger partial charge in [-0.05, 0) is 12.8 Å². The van der Waals surface area contributed by atoms with Crippen LogP contribution in [-0.4, -0.2) is 24.7 Å². The molecule has 0 bridgehead atoms. The maximum Gasteiger partial charge on any atom is 0.423 e. The van der Waals surface area contributed by atoms with E-state index in [0.29, 0.717) is 0 Å². The van der Waals surface area contributed by atoms with Gasteiger partial charge in [-0.15, -0.1) is 0 Å². The van der Waals surface area contributed by atoms with Crippen LogP contribution in [0.15, 0.2) is 19.6 Å². The Labute approximate surface area is 139 Å². The molecule has 0 radical (unpaired) electrons. The van der Waals surface area contributed by atoms with Crippen molar-refractivity contribution in [2.75, 3.05) is 0 Å². The zero-order valence-corrected chi connectivity index (χ0v) is 12.9. The molecule has 0 aromatic carbocycles. The van der Waals surface area contributed by atoms with Gasteiger partial charge in [-0.3, -0.25) is 0 Å². The van der Waals surface area contributed by atoms with Crippen molar-refractivity contribution in [1.29, 1.82) is 0 Å². The minimum absolute atomic E-state index is 0.972. The molecule has 0 aromatic heterocycles. The summed E-state index contributed by atoms with van der Waals surface area (Å²) in [5.41, 5.74) is -5.87. The van der Waals surface area contributed by atoms with Gasteiger partial charge >= 0.3 is 24.7 Å². The highest BCUT2D eigenvalue weighted by Gasteiger charge is 2.71. The third kappa shape index (κ3) is 3.74. The summed E-state index contributed by atoms with van der Waals surface area (Å²) in [7, 11) is 0. The molecule has 0 nitrogen and oxygen atoms in total. The number of thioether (sulfide) groups is 2. The average Bonchev–Trinajstić information content (AvgIpc) is 2.96. The largest absolute Gasteiger partial charge is 0.423 e. The topological polar surface area (TPSA) is 0 Å². The summed E-state index contributed by atoms with van der Waals surface area (Å²) in [6.07, 6.45) is -24.6. The van der Waals surface area contributed by atoms with Gasteiger partial charge in [0.25, 0.3) is 0 Å². The fourth-order valence-corrected chi connectivity index (χ4v) is 4.92. The van der Waals surface area contributed by atoms with Gasteiger partial charge in [-0.1, -0.05) is 23.5 Å². The molecule has 144 valence electrons. The van der Waals surface area contributed by atoms with E-state index in [-0.39, 0.29) is 0 Å². The Morgan fingerprint density at radius 1 is 0.680 bits per heavy atom. The lowest BCUT2D eigenvalue weighted by Crippen LogP contribution is -2.34. The monoisotopic (exact) mass is 428 g/mol. The highest BCUT2D eigenvalue weighted by atomic mass is 32.2. The number of hydrogen-bond acceptors (Lipinski definition) is 2. The first kappa shape index (κ1) is 20.6. The minimum atomic E-state index is -5.74. The molecule has 0 atom stereocenters. The Morgan fingerprint density at radius 2 is 1.04 bits per heavy atom. The molecule has 0 saturated heterocycles. The van der Waals surface area contributed by atoms with Crippen molar-refractivity contribution >= 4 is 23.5 Å². The van der Waals surface area contributed by atoms with Crippen LogP contribution in [0.1, 0.15) is 12.8 Å². The molecule has 2 rings (SSSR count). The van der Waals surface area contributed by atoms with Gasteiger partial charge in [0.05, 0.1) is 15.2 Å². The average molecular weight is 428 g/mol. The smallest absolute Gasteiger partial charge is 0.170 e. The number of halogens is 12. The van der Waals surface area contributed by atoms with Crippen LogP contribution in [0.25, 0.3) is 0 Å². The van der Waals surface area contributed by atoms with Crippen LogP contribution in [-0.2, 0) is 0 Å². The molecular weight excluding hydrogens is 424 g/mol. The molecule has 25 heavy (non-hydrogen) atoms. The second-order valence-electron chi connectivity index (χ2n) is 5.10. The van der Waals surface area contributed by atoms with E-state index < -0.39 is 86.1 Å². The van der Waals surface area contributed by atoms with Gasteiger partial charge in [0.15, 0.2) is 0 Å². The molecule has 0 unspecified atom stereocenters. The summed E-state index contributed by atoms with van der Waals surface area (Å²) in [5.74, 6) is 0. The normalized spacial score (nSPS) is 21.8. The molecule has 1 aliphatic carbocycles. The van der Waals surface area contributed by atoms with Crippen LogP contribution in [0.3, 0.4) is 0 Å². The Morgan fingerprint density at radius 3 is 1.24 bits per heavy atom. The standard InChI is InChI=1S/C11H4F12S2/c12-8(13,14)3(7(1-2-7)11(21,22)23)6-24-4(9(15,16)17)5(25-6)10(18,19)20/h1-2H2. The van der Waals surface area contributed by atoms with Gasteiger partial charge in [0.2, 0.25) is 0 Å². The van der Waals surface area contributed by atoms with E-state index in [0.717, 1.165) is 0 Å². The molecule has 1 fully saturated rings. The zero-order chi connectivity index (χ0) is 19.6. The number of rotatable bonds is 1. The summed E-state index contributed by atoms with van der Waals surface area (Å²) >= 11 is -1.94. The number of hydrogen-bond donors (Lipinski definition) is 0. The highest BCUT2D eigenvalue weighted by molar-refractivity contribution is 8.28. The summed E-state index contributed by atoms with van der Waals surface area (Å²) in [6, 6.07) is 0. The van der Waals surface area contributed by atoms with Crippen molar-refractivity contribution in [1.82, 2.24) is 0 Å². The fourth-order valence-electron chi connectivity index (χ4n) is 2.16. The predicted molar refractivity (Wildman–Crippen MR) is 65.1 cm³/mol. The van der Waals surface area contributed by atoms with Crippen LogP contribution in [0.5, 0.6) is 0 Å². The first-order valence-electron chi connectivity index (χ1n) is 6.04. The number of alkyl halides is 12. The second kappa shape index (κ2) is 5.67. The first-order valence-corrected chi connectivity index (χ1v) is 7.67. The Kier molecular flexibility index (Phi) is 4.68. The molecule has 1 aliphatic heterocycles. The lowest BCUT2D eigenvalue weighted by Gasteiger charge is -2.26. The van der Waals surface area contributed by atoms with Crippen molar-refractivity contribution in [2.24, 2.45) is 5.41 Å². The van der Waals surface area contributed by atoms with E-state index in [1.165, 1.54) is 0 Å². The minimum Gasteiger partial charge on any atom is -0.170 e. The Bertz CT molecular complexity index is 595. The van der Waals surface area contributed by atoms with Crippen molar-refractivity contribution in [2.45, 2.75) is 37.5 Å². The molecule has 0 spiro atoms. The summed E-state index contributed by atoms with van der Waals surface area (Å²) in [5, 5.41) is 0. The third-order valence-electron chi connectivity index (χ3n) is 3.37. The van der Waals surface area contributed by atoms with E-state index in [4.69, 9.17) is 0 Å². The Hall–Kier alpha value is -0.660. The second-order valence-corrected chi connectivity index (χ2v) is 7.40. The van der Waals surface area contributed by atoms with Crippen LogP contribution in [0.2, 0.25) is 0 Å². The Balaban J connectivity index is 2.63. The van der Waals surface area contributed by atoms with Crippen LogP contribution >= 0.6 is 23.5 Å².